The third-order valence-electron chi connectivity index (χ3n) is 4.82. The van der Waals surface area contributed by atoms with Crippen molar-refractivity contribution in [3.05, 3.63) is 34.7 Å². The number of hydrogen-bond acceptors (Lipinski definition) is 6. The molecular formula is C18H24ClN5OS. The van der Waals surface area contributed by atoms with E-state index in [1.807, 2.05) is 13.0 Å². The normalized spacial score (nSPS) is 15.3. The molecule has 1 saturated heterocycles. The van der Waals surface area contributed by atoms with E-state index in [4.69, 9.17) is 9.51 Å². The maximum atomic E-state index is 5.24. The lowest BCUT2D eigenvalue weighted by atomic mass is 10.2. The molecule has 0 amide bonds. The molecule has 0 bridgehead atoms. The monoisotopic (exact) mass is 393 g/mol. The minimum absolute atomic E-state index is 0. The van der Waals surface area contributed by atoms with Gasteiger partial charge >= 0.3 is 0 Å². The van der Waals surface area contributed by atoms with Crippen LogP contribution in [0.3, 0.4) is 0 Å². The third kappa shape index (κ3) is 3.39. The van der Waals surface area contributed by atoms with Crippen molar-refractivity contribution in [2.45, 2.75) is 20.8 Å². The minimum Gasteiger partial charge on any atom is -0.360 e. The molecule has 8 heteroatoms. The van der Waals surface area contributed by atoms with Crippen LogP contribution in [0.15, 0.2) is 22.0 Å². The minimum atomic E-state index is 0. The van der Waals surface area contributed by atoms with E-state index in [-0.39, 0.29) is 12.4 Å². The van der Waals surface area contributed by atoms with E-state index in [9.17, 15) is 0 Å². The molecule has 3 aromatic heterocycles. The van der Waals surface area contributed by atoms with E-state index in [1.54, 1.807) is 11.3 Å². The highest BCUT2D eigenvalue weighted by atomic mass is 35.5. The van der Waals surface area contributed by atoms with Gasteiger partial charge in [-0.25, -0.2) is 4.98 Å². The van der Waals surface area contributed by atoms with Gasteiger partial charge in [0, 0.05) is 54.6 Å². The van der Waals surface area contributed by atoms with Gasteiger partial charge in [-0.2, -0.15) is 0 Å². The van der Waals surface area contributed by atoms with Crippen LogP contribution in [-0.2, 0) is 0 Å². The Bertz CT molecular complexity index is 891. The SMILES string of the molecule is Cc1cc(-n2c(C)cc(-c3csc(N4CCN(C)CC4)n3)c2C)no1.Cl. The number of hydrogen-bond donors (Lipinski definition) is 0. The zero-order chi connectivity index (χ0) is 17.6. The first-order valence-corrected chi connectivity index (χ1v) is 9.43. The van der Waals surface area contributed by atoms with Gasteiger partial charge in [0.1, 0.15) is 5.76 Å². The molecule has 0 atom stereocenters. The third-order valence-corrected chi connectivity index (χ3v) is 5.72. The zero-order valence-corrected chi connectivity index (χ0v) is 17.2. The average Bonchev–Trinajstić information content (AvgIpc) is 3.28. The van der Waals surface area contributed by atoms with Gasteiger partial charge in [-0.05, 0) is 33.9 Å². The second kappa shape index (κ2) is 7.42. The maximum Gasteiger partial charge on any atom is 0.185 e. The molecule has 0 aliphatic carbocycles. The summed E-state index contributed by atoms with van der Waals surface area (Å²) in [5.41, 5.74) is 4.48. The van der Waals surface area contributed by atoms with Crippen LogP contribution in [0.1, 0.15) is 17.1 Å². The molecular weight excluding hydrogens is 370 g/mol. The molecule has 1 fully saturated rings. The van der Waals surface area contributed by atoms with Gasteiger partial charge in [0.25, 0.3) is 0 Å². The van der Waals surface area contributed by atoms with E-state index < -0.39 is 0 Å². The number of thiazole rings is 1. The molecule has 6 nitrogen and oxygen atoms in total. The first-order valence-electron chi connectivity index (χ1n) is 8.55. The van der Waals surface area contributed by atoms with Crippen LogP contribution in [0.25, 0.3) is 17.1 Å². The summed E-state index contributed by atoms with van der Waals surface area (Å²) in [4.78, 5) is 9.66. The first kappa shape index (κ1) is 18.9. The summed E-state index contributed by atoms with van der Waals surface area (Å²) < 4.78 is 7.37. The van der Waals surface area contributed by atoms with Crippen LogP contribution in [-0.4, -0.2) is 52.8 Å². The first-order chi connectivity index (χ1) is 12.0. The van der Waals surface area contributed by atoms with Gasteiger partial charge in [-0.1, -0.05) is 5.16 Å². The molecule has 0 radical (unpaired) electrons. The van der Waals surface area contributed by atoms with Crippen molar-refractivity contribution in [3.8, 4) is 17.1 Å². The standard InChI is InChI=1S/C18H23N5OS.ClH/c1-12-9-15(14(3)23(12)17-10-13(2)24-20-17)16-11-25-18(19-16)22-7-5-21(4)6-8-22;/h9-11H,5-8H2,1-4H3;1H. The number of piperazine rings is 1. The molecule has 26 heavy (non-hydrogen) atoms. The molecule has 0 spiro atoms. The van der Waals surface area contributed by atoms with Crippen molar-refractivity contribution in [1.29, 1.82) is 0 Å². The maximum absolute atomic E-state index is 5.24. The highest BCUT2D eigenvalue weighted by molar-refractivity contribution is 7.14. The molecule has 1 aliphatic rings. The quantitative estimate of drug-likeness (QED) is 0.679. The highest BCUT2D eigenvalue weighted by Crippen LogP contribution is 2.33. The second-order valence-corrected chi connectivity index (χ2v) is 7.56. The van der Waals surface area contributed by atoms with Gasteiger partial charge in [0.15, 0.2) is 10.9 Å². The fourth-order valence-electron chi connectivity index (χ4n) is 3.36. The van der Waals surface area contributed by atoms with Gasteiger partial charge in [-0.3, -0.25) is 4.57 Å². The van der Waals surface area contributed by atoms with E-state index in [2.05, 4.69) is 51.9 Å². The van der Waals surface area contributed by atoms with Crippen LogP contribution >= 0.6 is 23.7 Å². The van der Waals surface area contributed by atoms with Crippen molar-refractivity contribution in [3.63, 3.8) is 0 Å². The fraction of sp³-hybridized carbons (Fsp3) is 0.444. The molecule has 0 N–H and O–H groups in total. The highest BCUT2D eigenvalue weighted by Gasteiger charge is 2.20. The predicted octanol–water partition coefficient (Wildman–Crippen LogP) is 3.69. The van der Waals surface area contributed by atoms with Gasteiger partial charge in [0.05, 0.1) is 5.69 Å². The van der Waals surface area contributed by atoms with Crippen LogP contribution in [0.4, 0.5) is 5.13 Å². The fourth-order valence-corrected chi connectivity index (χ4v) is 4.24. The molecule has 0 unspecified atom stereocenters. The molecule has 3 aromatic rings. The number of likely N-dealkylation sites (N-methyl/N-ethyl adjacent to an activating group) is 1. The second-order valence-electron chi connectivity index (χ2n) is 6.72. The van der Waals surface area contributed by atoms with Gasteiger partial charge in [0.2, 0.25) is 0 Å². The summed E-state index contributed by atoms with van der Waals surface area (Å²) in [6.07, 6.45) is 0. The van der Waals surface area contributed by atoms with Crippen LogP contribution in [0.2, 0.25) is 0 Å². The topological polar surface area (TPSA) is 50.3 Å². The Labute approximate surface area is 163 Å². The number of anilines is 1. The molecule has 140 valence electrons. The van der Waals surface area contributed by atoms with Crippen molar-refractivity contribution < 1.29 is 4.52 Å². The Morgan fingerprint density at radius 3 is 2.46 bits per heavy atom. The molecule has 0 aromatic carbocycles. The van der Waals surface area contributed by atoms with Crippen molar-refractivity contribution in [2.24, 2.45) is 0 Å². The Kier molecular flexibility index (Phi) is 5.41. The lowest BCUT2D eigenvalue weighted by Crippen LogP contribution is -2.44. The summed E-state index contributed by atoms with van der Waals surface area (Å²) in [7, 11) is 2.17. The van der Waals surface area contributed by atoms with Crippen molar-refractivity contribution in [2.75, 3.05) is 38.1 Å². The summed E-state index contributed by atoms with van der Waals surface area (Å²) in [6, 6.07) is 4.14. The lowest BCUT2D eigenvalue weighted by Gasteiger charge is -2.32. The molecule has 0 saturated carbocycles. The average molecular weight is 394 g/mol. The van der Waals surface area contributed by atoms with E-state index in [0.717, 1.165) is 65.5 Å². The van der Waals surface area contributed by atoms with E-state index in [0.29, 0.717) is 0 Å². The lowest BCUT2D eigenvalue weighted by molar-refractivity contribution is 0.313. The summed E-state index contributed by atoms with van der Waals surface area (Å²) in [5.74, 6) is 1.64. The smallest absolute Gasteiger partial charge is 0.185 e. The number of halogens is 1. The molecule has 4 rings (SSSR count). The molecule has 4 heterocycles. The van der Waals surface area contributed by atoms with E-state index in [1.165, 1.54) is 0 Å². The van der Waals surface area contributed by atoms with Crippen LogP contribution < -0.4 is 4.90 Å². The Hall–Kier alpha value is -1.83. The van der Waals surface area contributed by atoms with Crippen LogP contribution in [0.5, 0.6) is 0 Å². The summed E-state index contributed by atoms with van der Waals surface area (Å²) >= 11 is 1.73. The predicted molar refractivity (Wildman–Crippen MR) is 108 cm³/mol. The number of aromatic nitrogens is 3. The van der Waals surface area contributed by atoms with E-state index >= 15 is 0 Å². The summed E-state index contributed by atoms with van der Waals surface area (Å²) in [5, 5.41) is 7.43. The van der Waals surface area contributed by atoms with Crippen molar-refractivity contribution >= 4 is 28.9 Å². The summed E-state index contributed by atoms with van der Waals surface area (Å²) in [6.45, 7) is 10.4. The van der Waals surface area contributed by atoms with Gasteiger partial charge in [-0.15, -0.1) is 23.7 Å². The molecule has 1 aliphatic heterocycles. The Morgan fingerprint density at radius 1 is 1.08 bits per heavy atom. The van der Waals surface area contributed by atoms with Crippen molar-refractivity contribution in [1.82, 2.24) is 19.6 Å². The number of aryl methyl sites for hydroxylation is 2. The van der Waals surface area contributed by atoms with Gasteiger partial charge < -0.3 is 14.3 Å². The van der Waals surface area contributed by atoms with Crippen LogP contribution in [0, 0.1) is 20.8 Å². The Balaban J connectivity index is 0.00000196. The number of nitrogens with zero attached hydrogens (tertiary/aromatic N) is 5. The largest absolute Gasteiger partial charge is 0.360 e. The Morgan fingerprint density at radius 2 is 1.81 bits per heavy atom. The number of rotatable bonds is 3. The zero-order valence-electron chi connectivity index (χ0n) is 15.5.